The minimum absolute atomic E-state index is 0.0575. The Morgan fingerprint density at radius 2 is 2.00 bits per heavy atom. The van der Waals surface area contributed by atoms with Gasteiger partial charge in [-0.15, -0.1) is 11.3 Å². The lowest BCUT2D eigenvalue weighted by Crippen LogP contribution is -2.20. The Kier molecular flexibility index (Phi) is 4.66. The molecule has 0 radical (unpaired) electrons. The Balaban J connectivity index is 2.07. The van der Waals surface area contributed by atoms with Crippen molar-refractivity contribution in [3.8, 4) is 0 Å². The molecule has 3 rings (SSSR count). The zero-order chi connectivity index (χ0) is 18.4. The fraction of sp³-hybridized carbons (Fsp3) is 0.474. The van der Waals surface area contributed by atoms with Gasteiger partial charge in [0.05, 0.1) is 5.56 Å². The molecule has 2 aromatic rings. The Labute approximate surface area is 150 Å². The van der Waals surface area contributed by atoms with E-state index in [1.165, 1.54) is 29.1 Å². The summed E-state index contributed by atoms with van der Waals surface area (Å²) in [4.78, 5) is 18.4. The van der Waals surface area contributed by atoms with Crippen LogP contribution in [-0.2, 0) is 12.0 Å². The van der Waals surface area contributed by atoms with Crippen LogP contribution in [0.5, 0.6) is 0 Å². The maximum Gasteiger partial charge on any atom is 0.282 e. The number of halogens is 2. The number of hydrogen-bond acceptors (Lipinski definition) is 2. The van der Waals surface area contributed by atoms with Gasteiger partial charge in [-0.25, -0.2) is 8.78 Å². The van der Waals surface area contributed by atoms with Crippen LogP contribution in [-0.4, -0.2) is 10.5 Å². The highest BCUT2D eigenvalue weighted by atomic mass is 32.1. The lowest BCUT2D eigenvalue weighted by Gasteiger charge is -2.17. The summed E-state index contributed by atoms with van der Waals surface area (Å²) in [7, 11) is 0. The standard InChI is InChI=1S/C19H22F2N2OS/c1-11-16(19(2,3)4)25-18(23(11)10-12-5-6-12)22-17(24)14-8-7-13(20)9-15(14)21/h7-9,12H,5-6,10H2,1-4H3/b22-18-. The van der Waals surface area contributed by atoms with Crippen molar-refractivity contribution in [3.05, 3.63) is 50.8 Å². The first-order valence-corrected chi connectivity index (χ1v) is 9.23. The van der Waals surface area contributed by atoms with Crippen LogP contribution in [0, 0.1) is 24.5 Å². The second kappa shape index (κ2) is 6.48. The molecule has 0 unspecified atom stereocenters. The molecule has 134 valence electrons. The van der Waals surface area contributed by atoms with E-state index in [4.69, 9.17) is 0 Å². The molecule has 1 aromatic carbocycles. The van der Waals surface area contributed by atoms with Crippen LogP contribution < -0.4 is 4.80 Å². The number of thiazole rings is 1. The third-order valence-corrected chi connectivity index (χ3v) is 5.94. The minimum Gasteiger partial charge on any atom is -0.320 e. The topological polar surface area (TPSA) is 34.4 Å². The van der Waals surface area contributed by atoms with Crippen molar-refractivity contribution in [1.82, 2.24) is 4.57 Å². The molecule has 1 aromatic heterocycles. The molecule has 1 aliphatic rings. The fourth-order valence-electron chi connectivity index (χ4n) is 2.85. The van der Waals surface area contributed by atoms with Crippen molar-refractivity contribution < 1.29 is 13.6 Å². The first kappa shape index (κ1) is 18.0. The minimum atomic E-state index is -0.883. The molecule has 6 heteroatoms. The number of carbonyl (C=O) groups excluding carboxylic acids is 1. The summed E-state index contributed by atoms with van der Waals surface area (Å²) in [5.41, 5.74) is 0.844. The van der Waals surface area contributed by atoms with Crippen LogP contribution >= 0.6 is 11.3 Å². The summed E-state index contributed by atoms with van der Waals surface area (Å²) >= 11 is 1.47. The van der Waals surface area contributed by atoms with E-state index in [9.17, 15) is 13.6 Å². The number of nitrogens with zero attached hydrogens (tertiary/aromatic N) is 2. The molecule has 0 saturated heterocycles. The Morgan fingerprint density at radius 1 is 1.32 bits per heavy atom. The maximum absolute atomic E-state index is 13.9. The van der Waals surface area contributed by atoms with Crippen molar-refractivity contribution in [1.29, 1.82) is 0 Å². The second-order valence-corrected chi connectivity index (χ2v) is 8.62. The Hall–Kier alpha value is -1.82. The normalized spacial score (nSPS) is 15.7. The summed E-state index contributed by atoms with van der Waals surface area (Å²) in [5.74, 6) is -1.65. The highest BCUT2D eigenvalue weighted by molar-refractivity contribution is 7.09. The van der Waals surface area contributed by atoms with Gasteiger partial charge in [-0.2, -0.15) is 4.99 Å². The molecule has 0 atom stereocenters. The molecule has 0 N–H and O–H groups in total. The van der Waals surface area contributed by atoms with Gasteiger partial charge in [-0.1, -0.05) is 20.8 Å². The SMILES string of the molecule is Cc1c(C(C)(C)C)s/c(=N\C(=O)c2ccc(F)cc2F)n1CC1CC1. The van der Waals surface area contributed by atoms with Gasteiger partial charge in [0.2, 0.25) is 0 Å². The summed E-state index contributed by atoms with van der Waals surface area (Å²) in [6.45, 7) is 9.24. The summed E-state index contributed by atoms with van der Waals surface area (Å²) < 4.78 is 29.0. The van der Waals surface area contributed by atoms with Crippen LogP contribution in [0.2, 0.25) is 0 Å². The van der Waals surface area contributed by atoms with Crippen molar-refractivity contribution in [3.63, 3.8) is 0 Å². The summed E-state index contributed by atoms with van der Waals surface area (Å²) in [6.07, 6.45) is 2.38. The summed E-state index contributed by atoms with van der Waals surface area (Å²) in [5, 5.41) is 0. The van der Waals surface area contributed by atoms with Gasteiger partial charge < -0.3 is 4.57 Å². The van der Waals surface area contributed by atoms with Crippen molar-refractivity contribution >= 4 is 17.2 Å². The van der Waals surface area contributed by atoms with Gasteiger partial charge >= 0.3 is 0 Å². The van der Waals surface area contributed by atoms with E-state index in [1.54, 1.807) is 0 Å². The molecule has 1 saturated carbocycles. The van der Waals surface area contributed by atoms with E-state index < -0.39 is 17.5 Å². The smallest absolute Gasteiger partial charge is 0.282 e. The number of carbonyl (C=O) groups is 1. The van der Waals surface area contributed by atoms with Gasteiger partial charge in [0.1, 0.15) is 11.6 Å². The third-order valence-electron chi connectivity index (χ3n) is 4.34. The molecular formula is C19H22F2N2OS. The highest BCUT2D eigenvalue weighted by Gasteiger charge is 2.27. The van der Waals surface area contributed by atoms with Gasteiger partial charge in [0.15, 0.2) is 4.80 Å². The number of rotatable bonds is 3. The molecule has 0 spiro atoms. The molecule has 0 aliphatic heterocycles. The monoisotopic (exact) mass is 364 g/mol. The fourth-order valence-corrected chi connectivity index (χ4v) is 4.05. The molecule has 1 fully saturated rings. The Bertz CT molecular complexity index is 886. The van der Waals surface area contributed by atoms with E-state index in [1.807, 2.05) is 6.92 Å². The quantitative estimate of drug-likeness (QED) is 0.785. The molecule has 1 aliphatic carbocycles. The number of amides is 1. The molecule has 1 amide bonds. The summed E-state index contributed by atoms with van der Waals surface area (Å²) in [6, 6.07) is 2.93. The molecule has 25 heavy (non-hydrogen) atoms. The van der Waals surface area contributed by atoms with Gasteiger partial charge in [-0.05, 0) is 43.2 Å². The average Bonchev–Trinajstić information content (AvgIpc) is 3.25. The first-order chi connectivity index (χ1) is 11.7. The maximum atomic E-state index is 13.9. The second-order valence-electron chi connectivity index (χ2n) is 7.64. The molecule has 0 bridgehead atoms. The lowest BCUT2D eigenvalue weighted by atomic mass is 9.93. The van der Waals surface area contributed by atoms with Crippen molar-refractivity contribution in [2.45, 2.75) is 52.5 Å². The van der Waals surface area contributed by atoms with Crippen LogP contribution in [0.1, 0.15) is 54.5 Å². The lowest BCUT2D eigenvalue weighted by molar-refractivity contribution is 0.0993. The zero-order valence-electron chi connectivity index (χ0n) is 14.9. The molecular weight excluding hydrogens is 342 g/mol. The van der Waals surface area contributed by atoms with E-state index >= 15 is 0 Å². The predicted octanol–water partition coefficient (Wildman–Crippen LogP) is 4.58. The highest BCUT2D eigenvalue weighted by Crippen LogP contribution is 2.33. The van der Waals surface area contributed by atoms with Crippen LogP contribution in [0.25, 0.3) is 0 Å². The number of aromatic nitrogens is 1. The van der Waals surface area contributed by atoms with E-state index in [2.05, 4.69) is 30.3 Å². The first-order valence-electron chi connectivity index (χ1n) is 8.41. The van der Waals surface area contributed by atoms with Gasteiger partial charge in [-0.3, -0.25) is 4.79 Å². The van der Waals surface area contributed by atoms with Crippen molar-refractivity contribution in [2.24, 2.45) is 10.9 Å². The van der Waals surface area contributed by atoms with Crippen LogP contribution in [0.15, 0.2) is 23.2 Å². The van der Waals surface area contributed by atoms with Gasteiger partial charge in [0, 0.05) is 23.2 Å². The van der Waals surface area contributed by atoms with Crippen LogP contribution in [0.4, 0.5) is 8.78 Å². The molecule has 1 heterocycles. The van der Waals surface area contributed by atoms with E-state index in [0.29, 0.717) is 16.8 Å². The third kappa shape index (κ3) is 3.89. The van der Waals surface area contributed by atoms with E-state index in [-0.39, 0.29) is 11.0 Å². The average molecular weight is 364 g/mol. The van der Waals surface area contributed by atoms with E-state index in [0.717, 1.165) is 24.4 Å². The Morgan fingerprint density at radius 3 is 2.56 bits per heavy atom. The number of hydrogen-bond donors (Lipinski definition) is 0. The molecule has 3 nitrogen and oxygen atoms in total. The van der Waals surface area contributed by atoms with Gasteiger partial charge in [0.25, 0.3) is 5.91 Å². The largest absolute Gasteiger partial charge is 0.320 e. The number of benzene rings is 1. The zero-order valence-corrected chi connectivity index (χ0v) is 15.7. The predicted molar refractivity (Wildman–Crippen MR) is 94.7 cm³/mol. The van der Waals surface area contributed by atoms with Crippen LogP contribution in [0.3, 0.4) is 0 Å². The van der Waals surface area contributed by atoms with Crippen molar-refractivity contribution in [2.75, 3.05) is 0 Å².